The molecule has 24 heavy (non-hydrogen) atoms. The molecule has 5 heteroatoms. The van der Waals surface area contributed by atoms with Crippen LogP contribution in [0, 0.1) is 3.57 Å². The Balaban J connectivity index is 3.17. The zero-order valence-electron chi connectivity index (χ0n) is 14.7. The summed E-state index contributed by atoms with van der Waals surface area (Å²) in [5.74, 6) is -1.95. The van der Waals surface area contributed by atoms with Crippen molar-refractivity contribution < 1.29 is 20.1 Å². The number of aromatic hydroxyl groups is 2. The van der Waals surface area contributed by atoms with Crippen molar-refractivity contribution in [2.24, 2.45) is 0 Å². The number of halogens is 1. The molecule has 0 aliphatic rings. The van der Waals surface area contributed by atoms with E-state index < -0.39 is 11.7 Å². The largest absolute Gasteiger partial charge is 0.504 e. The Kier molecular flexibility index (Phi) is 9.48. The van der Waals surface area contributed by atoms with Gasteiger partial charge in [0.25, 0.3) is 0 Å². The number of carbonyl (C=O) groups is 1. The third kappa shape index (κ3) is 5.53. The van der Waals surface area contributed by atoms with Gasteiger partial charge in [-0.25, -0.2) is 4.79 Å². The first-order valence-corrected chi connectivity index (χ1v) is 10.0. The molecule has 0 amide bonds. The zero-order valence-corrected chi connectivity index (χ0v) is 16.9. The van der Waals surface area contributed by atoms with E-state index in [0.717, 1.165) is 63.4 Å². The predicted molar refractivity (Wildman–Crippen MR) is 105 cm³/mol. The molecule has 0 saturated carbocycles. The molecule has 0 aliphatic carbocycles. The second kappa shape index (κ2) is 10.8. The van der Waals surface area contributed by atoms with Crippen molar-refractivity contribution >= 4 is 28.6 Å². The average Bonchev–Trinajstić information content (AvgIpc) is 2.55. The number of benzene rings is 1. The second-order valence-electron chi connectivity index (χ2n) is 6.27. The van der Waals surface area contributed by atoms with E-state index in [0.29, 0.717) is 15.6 Å². The fourth-order valence-corrected chi connectivity index (χ4v) is 3.87. The molecule has 0 saturated heterocycles. The lowest BCUT2D eigenvalue weighted by Gasteiger charge is -2.18. The Bertz CT molecular complexity index is 555. The summed E-state index contributed by atoms with van der Waals surface area (Å²) in [6, 6.07) is 0. The van der Waals surface area contributed by atoms with Gasteiger partial charge in [-0.2, -0.15) is 0 Å². The van der Waals surface area contributed by atoms with Crippen molar-refractivity contribution in [3.05, 3.63) is 20.3 Å². The topological polar surface area (TPSA) is 77.8 Å². The van der Waals surface area contributed by atoms with Gasteiger partial charge in [0.05, 0.1) is 3.57 Å². The molecule has 4 nitrogen and oxygen atoms in total. The number of hydrogen-bond donors (Lipinski definition) is 3. The molecule has 0 heterocycles. The molecule has 0 atom stereocenters. The van der Waals surface area contributed by atoms with E-state index in [2.05, 4.69) is 13.8 Å². The summed E-state index contributed by atoms with van der Waals surface area (Å²) >= 11 is 2.02. The molecule has 0 bridgehead atoms. The van der Waals surface area contributed by atoms with E-state index in [1.165, 1.54) is 0 Å². The summed E-state index contributed by atoms with van der Waals surface area (Å²) in [7, 11) is 0. The highest BCUT2D eigenvalue weighted by Gasteiger charge is 2.25. The maximum atomic E-state index is 11.6. The molecular formula is C19H29IO4. The number of aromatic carboxylic acids is 1. The van der Waals surface area contributed by atoms with Gasteiger partial charge in [0.2, 0.25) is 0 Å². The van der Waals surface area contributed by atoms with Gasteiger partial charge in [0.1, 0.15) is 5.56 Å². The standard InChI is InChI=1S/C19H29IO4/c1-3-5-7-9-11-13-14(12-10-8-6-4-2)16(20)18(22)17(21)15(13)19(23)24/h21-22H,3-12H2,1-2H3,(H,23,24). The minimum absolute atomic E-state index is 0.116. The Morgan fingerprint density at radius 1 is 0.833 bits per heavy atom. The molecule has 0 aliphatic heterocycles. The van der Waals surface area contributed by atoms with Crippen molar-refractivity contribution in [2.45, 2.75) is 78.1 Å². The number of carboxylic acid groups (broad SMARTS) is 1. The van der Waals surface area contributed by atoms with Crippen LogP contribution < -0.4 is 0 Å². The van der Waals surface area contributed by atoms with Gasteiger partial charge in [0, 0.05) is 0 Å². The van der Waals surface area contributed by atoms with E-state index in [9.17, 15) is 20.1 Å². The Morgan fingerprint density at radius 2 is 1.33 bits per heavy atom. The van der Waals surface area contributed by atoms with Crippen molar-refractivity contribution in [3.8, 4) is 11.5 Å². The third-order valence-electron chi connectivity index (χ3n) is 4.37. The molecule has 0 spiro atoms. The maximum Gasteiger partial charge on any atom is 0.339 e. The highest BCUT2D eigenvalue weighted by molar-refractivity contribution is 14.1. The smallest absolute Gasteiger partial charge is 0.339 e. The normalized spacial score (nSPS) is 11.0. The van der Waals surface area contributed by atoms with Gasteiger partial charge in [-0.15, -0.1) is 0 Å². The molecule has 136 valence electrons. The van der Waals surface area contributed by atoms with E-state index in [1.807, 2.05) is 22.6 Å². The van der Waals surface area contributed by atoms with E-state index in [-0.39, 0.29) is 11.3 Å². The predicted octanol–water partition coefficient (Wildman–Crippen LogP) is 5.65. The lowest BCUT2D eigenvalue weighted by atomic mass is 9.91. The van der Waals surface area contributed by atoms with Gasteiger partial charge in [0.15, 0.2) is 11.5 Å². The SMILES string of the molecule is CCCCCCc1c(I)c(O)c(O)c(C(=O)O)c1CCCCCC. The maximum absolute atomic E-state index is 11.6. The first kappa shape index (κ1) is 21.1. The summed E-state index contributed by atoms with van der Waals surface area (Å²) in [6.45, 7) is 4.29. The van der Waals surface area contributed by atoms with E-state index in [4.69, 9.17) is 0 Å². The summed E-state index contributed by atoms with van der Waals surface area (Å²) < 4.78 is 0.595. The number of phenols is 2. The molecule has 1 rings (SSSR count). The van der Waals surface area contributed by atoms with Crippen molar-refractivity contribution in [1.82, 2.24) is 0 Å². The Labute approximate surface area is 158 Å². The number of rotatable bonds is 11. The minimum Gasteiger partial charge on any atom is -0.504 e. The molecule has 0 aromatic heterocycles. The monoisotopic (exact) mass is 448 g/mol. The third-order valence-corrected chi connectivity index (χ3v) is 5.54. The molecule has 0 fully saturated rings. The number of carboxylic acids is 1. The van der Waals surface area contributed by atoms with Crippen molar-refractivity contribution in [1.29, 1.82) is 0 Å². The number of phenolic OH excluding ortho intramolecular Hbond substituents is 1. The van der Waals surface area contributed by atoms with Crippen LogP contribution in [0.15, 0.2) is 0 Å². The Morgan fingerprint density at radius 3 is 1.79 bits per heavy atom. The molecule has 1 aromatic carbocycles. The lowest BCUT2D eigenvalue weighted by Crippen LogP contribution is -2.09. The average molecular weight is 448 g/mol. The summed E-state index contributed by atoms with van der Waals surface area (Å²) in [5, 5.41) is 29.8. The van der Waals surface area contributed by atoms with Crippen LogP contribution in [0.1, 0.15) is 86.7 Å². The van der Waals surface area contributed by atoms with Crippen LogP contribution in [0.5, 0.6) is 11.5 Å². The van der Waals surface area contributed by atoms with Crippen LogP contribution >= 0.6 is 22.6 Å². The zero-order chi connectivity index (χ0) is 18.1. The first-order chi connectivity index (χ1) is 11.5. The van der Waals surface area contributed by atoms with Gasteiger partial charge in [-0.05, 0) is 59.4 Å². The fourth-order valence-electron chi connectivity index (χ4n) is 3.02. The van der Waals surface area contributed by atoms with Crippen LogP contribution in [-0.4, -0.2) is 21.3 Å². The fraction of sp³-hybridized carbons (Fsp3) is 0.632. The minimum atomic E-state index is -1.17. The van der Waals surface area contributed by atoms with Crippen molar-refractivity contribution in [3.63, 3.8) is 0 Å². The van der Waals surface area contributed by atoms with E-state index in [1.54, 1.807) is 0 Å². The number of unbranched alkanes of at least 4 members (excludes halogenated alkanes) is 6. The van der Waals surface area contributed by atoms with Crippen molar-refractivity contribution in [2.75, 3.05) is 0 Å². The molecule has 1 aromatic rings. The van der Waals surface area contributed by atoms with Gasteiger partial charge in [-0.3, -0.25) is 0 Å². The first-order valence-electron chi connectivity index (χ1n) is 8.94. The quantitative estimate of drug-likeness (QED) is 0.232. The molecular weight excluding hydrogens is 419 g/mol. The van der Waals surface area contributed by atoms with Gasteiger partial charge in [-0.1, -0.05) is 52.4 Å². The van der Waals surface area contributed by atoms with Crippen LogP contribution in [0.2, 0.25) is 0 Å². The summed E-state index contributed by atoms with van der Waals surface area (Å²) in [5.41, 5.74) is 1.49. The Hall–Kier alpha value is -0.980. The van der Waals surface area contributed by atoms with Crippen LogP contribution in [0.4, 0.5) is 0 Å². The summed E-state index contributed by atoms with van der Waals surface area (Å²) in [6.07, 6.45) is 9.91. The second-order valence-corrected chi connectivity index (χ2v) is 7.35. The highest BCUT2D eigenvalue weighted by atomic mass is 127. The van der Waals surface area contributed by atoms with Crippen LogP contribution in [0.3, 0.4) is 0 Å². The van der Waals surface area contributed by atoms with E-state index >= 15 is 0 Å². The summed E-state index contributed by atoms with van der Waals surface area (Å²) in [4.78, 5) is 11.6. The molecule has 3 N–H and O–H groups in total. The van der Waals surface area contributed by atoms with Gasteiger partial charge < -0.3 is 15.3 Å². The lowest BCUT2D eigenvalue weighted by molar-refractivity contribution is 0.0691. The van der Waals surface area contributed by atoms with Crippen LogP contribution in [-0.2, 0) is 12.8 Å². The van der Waals surface area contributed by atoms with Gasteiger partial charge >= 0.3 is 5.97 Å². The molecule has 0 radical (unpaired) electrons. The molecule has 0 unspecified atom stereocenters. The highest BCUT2D eigenvalue weighted by Crippen LogP contribution is 2.40. The van der Waals surface area contributed by atoms with Crippen LogP contribution in [0.25, 0.3) is 0 Å². The number of hydrogen-bond acceptors (Lipinski definition) is 3.